The molecule has 0 saturated heterocycles. The first-order valence-corrected chi connectivity index (χ1v) is 8.36. The molecule has 0 fully saturated rings. The van der Waals surface area contributed by atoms with Gasteiger partial charge in [0.05, 0.1) is 19.9 Å². The Kier molecular flexibility index (Phi) is 6.96. The van der Waals surface area contributed by atoms with E-state index in [2.05, 4.69) is 15.6 Å². The van der Waals surface area contributed by atoms with Crippen LogP contribution in [0, 0.1) is 0 Å². The lowest BCUT2D eigenvalue weighted by Crippen LogP contribution is -2.25. The highest BCUT2D eigenvalue weighted by Gasteiger charge is 2.14. The van der Waals surface area contributed by atoms with Gasteiger partial charge in [0.2, 0.25) is 0 Å². The number of ether oxygens (including phenoxy) is 2. The Balaban J connectivity index is 2.15. The SMILES string of the molecule is CCCCNC(=O)c1cc(C(=O)Nc2cc(OC)ccc2OC)ccn1. The van der Waals surface area contributed by atoms with Crippen molar-refractivity contribution >= 4 is 17.5 Å². The molecule has 2 amide bonds. The van der Waals surface area contributed by atoms with Crippen LogP contribution in [0.15, 0.2) is 36.5 Å². The summed E-state index contributed by atoms with van der Waals surface area (Å²) in [4.78, 5) is 28.7. The number of carbonyl (C=O) groups is 2. The Morgan fingerprint density at radius 2 is 1.88 bits per heavy atom. The Labute approximate surface area is 152 Å². The Morgan fingerprint density at radius 1 is 1.08 bits per heavy atom. The molecule has 2 N–H and O–H groups in total. The summed E-state index contributed by atoms with van der Waals surface area (Å²) in [6.07, 6.45) is 3.31. The monoisotopic (exact) mass is 357 g/mol. The molecule has 2 aromatic rings. The number of methoxy groups -OCH3 is 2. The van der Waals surface area contributed by atoms with Crippen molar-refractivity contribution in [3.05, 3.63) is 47.8 Å². The van der Waals surface area contributed by atoms with Gasteiger partial charge in [-0.05, 0) is 30.7 Å². The summed E-state index contributed by atoms with van der Waals surface area (Å²) in [5, 5.41) is 5.55. The first-order chi connectivity index (χ1) is 12.6. The van der Waals surface area contributed by atoms with E-state index in [1.165, 1.54) is 19.4 Å². The molecule has 0 bridgehead atoms. The van der Waals surface area contributed by atoms with Gasteiger partial charge in [-0.1, -0.05) is 13.3 Å². The molecular formula is C19H23N3O4. The van der Waals surface area contributed by atoms with Gasteiger partial charge in [0.1, 0.15) is 17.2 Å². The normalized spacial score (nSPS) is 10.1. The standard InChI is InChI=1S/C19H23N3O4/c1-4-5-9-21-19(24)16-11-13(8-10-20-16)18(23)22-15-12-14(25-2)6-7-17(15)26-3/h6-8,10-12H,4-5,9H2,1-3H3,(H,21,24)(H,22,23). The van der Waals surface area contributed by atoms with Crippen LogP contribution in [0.4, 0.5) is 5.69 Å². The third-order valence-electron chi connectivity index (χ3n) is 3.73. The molecule has 0 aliphatic carbocycles. The zero-order valence-electron chi connectivity index (χ0n) is 15.2. The third-order valence-corrected chi connectivity index (χ3v) is 3.73. The first-order valence-electron chi connectivity index (χ1n) is 8.36. The number of nitrogens with one attached hydrogen (secondary N) is 2. The van der Waals surface area contributed by atoms with Crippen LogP contribution in [-0.4, -0.2) is 37.6 Å². The highest BCUT2D eigenvalue weighted by Crippen LogP contribution is 2.29. The number of carbonyl (C=O) groups excluding carboxylic acids is 2. The van der Waals surface area contributed by atoms with Crippen molar-refractivity contribution < 1.29 is 19.1 Å². The van der Waals surface area contributed by atoms with Gasteiger partial charge in [0.15, 0.2) is 0 Å². The van der Waals surface area contributed by atoms with Gasteiger partial charge in [0.25, 0.3) is 11.8 Å². The fraction of sp³-hybridized carbons (Fsp3) is 0.316. The van der Waals surface area contributed by atoms with Crippen molar-refractivity contribution in [3.8, 4) is 11.5 Å². The number of amides is 2. The minimum Gasteiger partial charge on any atom is -0.497 e. The summed E-state index contributed by atoms with van der Waals surface area (Å²) in [7, 11) is 3.06. The third kappa shape index (κ3) is 4.95. The highest BCUT2D eigenvalue weighted by molar-refractivity contribution is 6.06. The summed E-state index contributed by atoms with van der Waals surface area (Å²) >= 11 is 0. The van der Waals surface area contributed by atoms with Crippen LogP contribution in [0.1, 0.15) is 40.6 Å². The van der Waals surface area contributed by atoms with E-state index < -0.39 is 0 Å². The highest BCUT2D eigenvalue weighted by atomic mass is 16.5. The van der Waals surface area contributed by atoms with Crippen LogP contribution in [0.5, 0.6) is 11.5 Å². The second kappa shape index (κ2) is 9.41. The van der Waals surface area contributed by atoms with Gasteiger partial charge in [-0.2, -0.15) is 0 Å². The van der Waals surface area contributed by atoms with Crippen LogP contribution in [0.25, 0.3) is 0 Å². The second-order valence-corrected chi connectivity index (χ2v) is 5.56. The van der Waals surface area contributed by atoms with Gasteiger partial charge in [-0.25, -0.2) is 0 Å². The zero-order valence-corrected chi connectivity index (χ0v) is 15.2. The summed E-state index contributed by atoms with van der Waals surface area (Å²) in [5.74, 6) is 0.422. The molecule has 0 unspecified atom stereocenters. The first kappa shape index (κ1) is 19.2. The molecule has 1 aromatic carbocycles. The lowest BCUT2D eigenvalue weighted by Gasteiger charge is -2.12. The zero-order chi connectivity index (χ0) is 18.9. The van der Waals surface area contributed by atoms with E-state index in [-0.39, 0.29) is 17.5 Å². The molecule has 1 aromatic heterocycles. The molecule has 0 atom stereocenters. The van der Waals surface area contributed by atoms with E-state index in [4.69, 9.17) is 9.47 Å². The van der Waals surface area contributed by atoms with Crippen molar-refractivity contribution in [2.45, 2.75) is 19.8 Å². The topological polar surface area (TPSA) is 89.6 Å². The number of hydrogen-bond donors (Lipinski definition) is 2. The van der Waals surface area contributed by atoms with E-state index in [1.807, 2.05) is 6.92 Å². The fourth-order valence-electron chi connectivity index (χ4n) is 2.27. The van der Waals surface area contributed by atoms with Gasteiger partial charge >= 0.3 is 0 Å². The Morgan fingerprint density at radius 3 is 2.58 bits per heavy atom. The molecule has 0 aliphatic rings. The van der Waals surface area contributed by atoms with Gasteiger partial charge in [-0.15, -0.1) is 0 Å². The van der Waals surface area contributed by atoms with E-state index >= 15 is 0 Å². The van der Waals surface area contributed by atoms with Gasteiger partial charge < -0.3 is 20.1 Å². The molecule has 0 radical (unpaired) electrons. The molecular weight excluding hydrogens is 334 g/mol. The van der Waals surface area contributed by atoms with Gasteiger partial charge in [0, 0.05) is 24.4 Å². The van der Waals surface area contributed by atoms with E-state index in [9.17, 15) is 9.59 Å². The van der Waals surface area contributed by atoms with Crippen LogP contribution in [0.3, 0.4) is 0 Å². The molecule has 7 nitrogen and oxygen atoms in total. The smallest absolute Gasteiger partial charge is 0.269 e. The summed E-state index contributed by atoms with van der Waals surface area (Å²) in [6, 6.07) is 8.11. The molecule has 1 heterocycles. The largest absolute Gasteiger partial charge is 0.497 e. The van der Waals surface area contributed by atoms with Crippen LogP contribution >= 0.6 is 0 Å². The van der Waals surface area contributed by atoms with Crippen molar-refractivity contribution in [1.29, 1.82) is 0 Å². The molecule has 0 saturated carbocycles. The minimum atomic E-state index is -0.374. The molecule has 138 valence electrons. The average Bonchev–Trinajstić information content (AvgIpc) is 2.68. The van der Waals surface area contributed by atoms with E-state index in [1.54, 1.807) is 31.4 Å². The number of rotatable bonds is 8. The van der Waals surface area contributed by atoms with Crippen LogP contribution in [-0.2, 0) is 0 Å². The lowest BCUT2D eigenvalue weighted by atomic mass is 10.2. The predicted octanol–water partition coefficient (Wildman–Crippen LogP) is 2.88. The van der Waals surface area contributed by atoms with Crippen LogP contribution < -0.4 is 20.1 Å². The molecule has 0 spiro atoms. The molecule has 26 heavy (non-hydrogen) atoms. The quantitative estimate of drug-likeness (QED) is 0.709. The number of nitrogens with zero attached hydrogens (tertiary/aromatic N) is 1. The van der Waals surface area contributed by atoms with Crippen LogP contribution in [0.2, 0.25) is 0 Å². The van der Waals surface area contributed by atoms with E-state index in [0.29, 0.717) is 29.3 Å². The van der Waals surface area contributed by atoms with Crippen molar-refractivity contribution in [3.63, 3.8) is 0 Å². The number of anilines is 1. The summed E-state index contributed by atoms with van der Waals surface area (Å²) in [6.45, 7) is 2.62. The fourth-order valence-corrected chi connectivity index (χ4v) is 2.27. The Hall–Kier alpha value is -3.09. The van der Waals surface area contributed by atoms with Crippen molar-refractivity contribution in [1.82, 2.24) is 10.3 Å². The predicted molar refractivity (Wildman–Crippen MR) is 99.0 cm³/mol. The van der Waals surface area contributed by atoms with Gasteiger partial charge in [-0.3, -0.25) is 14.6 Å². The Bertz CT molecular complexity index is 777. The maximum atomic E-state index is 12.6. The summed E-state index contributed by atoms with van der Waals surface area (Å²) in [5.41, 5.74) is 1.000. The maximum Gasteiger partial charge on any atom is 0.269 e. The number of hydrogen-bond acceptors (Lipinski definition) is 5. The molecule has 2 rings (SSSR count). The number of pyridine rings is 1. The average molecular weight is 357 g/mol. The molecule has 7 heteroatoms. The summed E-state index contributed by atoms with van der Waals surface area (Å²) < 4.78 is 10.4. The van der Waals surface area contributed by atoms with Crippen molar-refractivity contribution in [2.75, 3.05) is 26.1 Å². The number of unbranched alkanes of at least 4 members (excludes halogenated alkanes) is 1. The molecule has 0 aliphatic heterocycles. The number of aromatic nitrogens is 1. The lowest BCUT2D eigenvalue weighted by molar-refractivity contribution is 0.0948. The second-order valence-electron chi connectivity index (χ2n) is 5.56. The number of benzene rings is 1. The maximum absolute atomic E-state index is 12.6. The van der Waals surface area contributed by atoms with Crippen molar-refractivity contribution in [2.24, 2.45) is 0 Å². The minimum absolute atomic E-state index is 0.200. The van der Waals surface area contributed by atoms with E-state index in [0.717, 1.165) is 12.8 Å².